The van der Waals surface area contributed by atoms with Crippen LogP contribution in [-0.2, 0) is 4.79 Å². The van der Waals surface area contributed by atoms with E-state index in [9.17, 15) is 9.90 Å². The van der Waals surface area contributed by atoms with Gasteiger partial charge in [0.2, 0.25) is 0 Å². The Labute approximate surface area is 102 Å². The van der Waals surface area contributed by atoms with Crippen LogP contribution in [0.25, 0.3) is 0 Å². The maximum absolute atomic E-state index is 11.6. The van der Waals surface area contributed by atoms with E-state index in [1.807, 2.05) is 13.8 Å². The number of aliphatic hydroxyl groups excluding tert-OH is 1. The molecule has 2 atom stereocenters. The zero-order chi connectivity index (χ0) is 10.4. The first-order valence-corrected chi connectivity index (χ1v) is 6.33. The van der Waals surface area contributed by atoms with Gasteiger partial charge in [-0.3, -0.25) is 4.79 Å². The lowest BCUT2D eigenvalue weighted by molar-refractivity contribution is -0.116. The van der Waals surface area contributed by atoms with Gasteiger partial charge < -0.3 is 5.11 Å². The van der Waals surface area contributed by atoms with E-state index in [2.05, 4.69) is 47.8 Å². The molecule has 2 nitrogen and oxygen atoms in total. The Morgan fingerprint density at radius 3 is 2.23 bits per heavy atom. The summed E-state index contributed by atoms with van der Waals surface area (Å²) in [5, 5.41) is 9.61. The molecule has 0 aliphatic heterocycles. The third kappa shape index (κ3) is 1.75. The monoisotopic (exact) mass is 374 g/mol. The van der Waals surface area contributed by atoms with Crippen molar-refractivity contribution in [1.82, 2.24) is 0 Å². The fraction of sp³-hybridized carbons (Fsp3) is 0.625. The number of halogens is 3. The van der Waals surface area contributed by atoms with Crippen molar-refractivity contribution in [2.45, 2.75) is 23.5 Å². The van der Waals surface area contributed by atoms with Gasteiger partial charge in [0, 0.05) is 5.41 Å². The number of aliphatic hydroxyl groups is 1. The number of allylic oxidation sites excluding steroid dienone is 2. The molecule has 0 heterocycles. The lowest BCUT2D eigenvalue weighted by Crippen LogP contribution is -2.44. The van der Waals surface area contributed by atoms with Gasteiger partial charge in [0.1, 0.15) is 10.2 Å². The first-order chi connectivity index (χ1) is 5.80. The topological polar surface area (TPSA) is 37.3 Å². The van der Waals surface area contributed by atoms with E-state index >= 15 is 0 Å². The van der Waals surface area contributed by atoms with Gasteiger partial charge in [-0.1, -0.05) is 45.7 Å². The minimum atomic E-state index is -0.335. The molecule has 0 amide bonds. The van der Waals surface area contributed by atoms with E-state index in [4.69, 9.17) is 0 Å². The van der Waals surface area contributed by atoms with Crippen molar-refractivity contribution < 1.29 is 9.90 Å². The Bertz CT molecular complexity index is 283. The lowest BCUT2D eigenvalue weighted by atomic mass is 9.79. The van der Waals surface area contributed by atoms with Gasteiger partial charge >= 0.3 is 0 Å². The molecule has 0 fully saturated rings. The highest BCUT2D eigenvalue weighted by atomic mass is 79.9. The van der Waals surface area contributed by atoms with Gasteiger partial charge in [0.05, 0.1) is 9.65 Å². The first kappa shape index (κ1) is 11.7. The van der Waals surface area contributed by atoms with Gasteiger partial charge in [-0.15, -0.1) is 0 Å². The second-order valence-corrected chi connectivity index (χ2v) is 6.23. The van der Waals surface area contributed by atoms with Crippen LogP contribution in [0.2, 0.25) is 0 Å². The zero-order valence-corrected chi connectivity index (χ0v) is 11.9. The zero-order valence-electron chi connectivity index (χ0n) is 7.14. The number of ketones is 1. The molecule has 0 aromatic heterocycles. The van der Waals surface area contributed by atoms with Crippen LogP contribution in [0.1, 0.15) is 13.8 Å². The molecule has 1 aliphatic rings. The SMILES string of the molecule is CC1(C)[C@@H](Br)C(=O)C(Br)=C(O)[C@@H]1Br. The average Bonchev–Trinajstić information content (AvgIpc) is 2.09. The summed E-state index contributed by atoms with van der Waals surface area (Å²) in [5.41, 5.74) is -0.335. The van der Waals surface area contributed by atoms with Crippen molar-refractivity contribution in [1.29, 1.82) is 0 Å². The molecule has 0 radical (unpaired) electrons. The smallest absolute Gasteiger partial charge is 0.187 e. The van der Waals surface area contributed by atoms with E-state index in [0.717, 1.165) is 0 Å². The molecule has 0 aromatic rings. The summed E-state index contributed by atoms with van der Waals surface area (Å²) in [4.78, 5) is 11.1. The molecular formula is C8H9Br3O2. The van der Waals surface area contributed by atoms with Crippen LogP contribution in [0.15, 0.2) is 10.2 Å². The fourth-order valence-electron chi connectivity index (χ4n) is 1.17. The lowest BCUT2D eigenvalue weighted by Gasteiger charge is -2.37. The molecule has 0 saturated carbocycles. The van der Waals surface area contributed by atoms with Crippen LogP contribution >= 0.6 is 47.8 Å². The van der Waals surface area contributed by atoms with Gasteiger partial charge in [-0.2, -0.15) is 0 Å². The summed E-state index contributed by atoms with van der Waals surface area (Å²) in [6, 6.07) is 0. The van der Waals surface area contributed by atoms with Crippen molar-refractivity contribution in [3.63, 3.8) is 0 Å². The number of hydrogen-bond acceptors (Lipinski definition) is 2. The van der Waals surface area contributed by atoms with Crippen molar-refractivity contribution in [2.24, 2.45) is 5.41 Å². The van der Waals surface area contributed by atoms with E-state index in [0.29, 0.717) is 0 Å². The number of carbonyl (C=O) groups is 1. The summed E-state index contributed by atoms with van der Waals surface area (Å²) in [6.07, 6.45) is 0. The van der Waals surface area contributed by atoms with Crippen LogP contribution in [0.3, 0.4) is 0 Å². The van der Waals surface area contributed by atoms with Crippen LogP contribution in [0.5, 0.6) is 0 Å². The molecule has 0 aromatic carbocycles. The third-order valence-electron chi connectivity index (χ3n) is 2.22. The Morgan fingerprint density at radius 1 is 1.31 bits per heavy atom. The molecule has 0 unspecified atom stereocenters. The predicted molar refractivity (Wildman–Crippen MR) is 62.8 cm³/mol. The highest BCUT2D eigenvalue weighted by Gasteiger charge is 2.46. The number of carbonyl (C=O) groups excluding carboxylic acids is 1. The number of rotatable bonds is 0. The van der Waals surface area contributed by atoms with Crippen molar-refractivity contribution >= 4 is 53.6 Å². The van der Waals surface area contributed by atoms with Gasteiger partial charge in [-0.05, 0) is 15.9 Å². The second kappa shape index (κ2) is 3.66. The summed E-state index contributed by atoms with van der Waals surface area (Å²) in [6.45, 7) is 3.83. The standard InChI is InChI=1S/C8H9Br3O2/c1-8(2)6(10)4(12)3(9)5(13)7(8)11/h6-7,12H,1-2H3/t6-,7-/m0/s1. The Morgan fingerprint density at radius 2 is 1.77 bits per heavy atom. The Hall–Kier alpha value is 0.650. The van der Waals surface area contributed by atoms with Gasteiger partial charge in [-0.25, -0.2) is 0 Å². The second-order valence-electron chi connectivity index (χ2n) is 3.61. The highest BCUT2D eigenvalue weighted by molar-refractivity contribution is 9.12. The van der Waals surface area contributed by atoms with E-state index < -0.39 is 0 Å². The molecule has 13 heavy (non-hydrogen) atoms. The quantitative estimate of drug-likeness (QED) is 0.659. The van der Waals surface area contributed by atoms with E-state index in [1.165, 1.54) is 0 Å². The molecule has 5 heteroatoms. The van der Waals surface area contributed by atoms with Gasteiger partial charge in [0.15, 0.2) is 5.78 Å². The number of hydrogen-bond donors (Lipinski definition) is 1. The maximum Gasteiger partial charge on any atom is 0.187 e. The number of alkyl halides is 2. The molecule has 0 bridgehead atoms. The molecule has 1 aliphatic carbocycles. The molecule has 0 spiro atoms. The third-order valence-corrected chi connectivity index (χ3v) is 6.22. The van der Waals surface area contributed by atoms with Gasteiger partial charge in [0.25, 0.3) is 0 Å². The Kier molecular flexibility index (Phi) is 3.30. The largest absolute Gasteiger partial charge is 0.510 e. The van der Waals surface area contributed by atoms with Crippen LogP contribution in [0, 0.1) is 5.41 Å². The summed E-state index contributed by atoms with van der Waals surface area (Å²) in [5.74, 6) is -0.0381. The summed E-state index contributed by atoms with van der Waals surface area (Å²) >= 11 is 9.76. The number of Topliss-reactive ketones (excluding diaryl/α,β-unsaturated/α-hetero) is 1. The van der Waals surface area contributed by atoms with E-state index in [1.54, 1.807) is 0 Å². The van der Waals surface area contributed by atoms with Crippen molar-refractivity contribution in [3.8, 4) is 0 Å². The first-order valence-electron chi connectivity index (χ1n) is 3.71. The normalized spacial score (nSPS) is 33.8. The molecule has 1 rings (SSSR count). The maximum atomic E-state index is 11.6. The van der Waals surface area contributed by atoms with Crippen LogP contribution in [-0.4, -0.2) is 20.5 Å². The molecular weight excluding hydrogens is 368 g/mol. The minimum absolute atomic E-state index is 0.0747. The van der Waals surface area contributed by atoms with E-state index in [-0.39, 0.29) is 31.1 Å². The predicted octanol–water partition coefficient (Wildman–Crippen LogP) is 3.29. The van der Waals surface area contributed by atoms with Crippen LogP contribution in [0.4, 0.5) is 0 Å². The molecule has 0 saturated heterocycles. The minimum Gasteiger partial charge on any atom is -0.510 e. The van der Waals surface area contributed by atoms with Crippen molar-refractivity contribution in [3.05, 3.63) is 10.2 Å². The summed E-state index contributed by atoms with van der Waals surface area (Å²) in [7, 11) is 0. The fourth-order valence-corrected chi connectivity index (χ4v) is 3.58. The van der Waals surface area contributed by atoms with Crippen molar-refractivity contribution in [2.75, 3.05) is 0 Å². The highest BCUT2D eigenvalue weighted by Crippen LogP contribution is 2.45. The molecule has 74 valence electrons. The van der Waals surface area contributed by atoms with Crippen LogP contribution < -0.4 is 0 Å². The average molecular weight is 377 g/mol. The molecule has 1 N–H and O–H groups in total. The summed E-state index contributed by atoms with van der Waals surface area (Å²) < 4.78 is 0.260. The Balaban J connectivity index is 3.23.